The molecule has 1 aromatic carbocycles. The van der Waals surface area contributed by atoms with E-state index in [0.717, 1.165) is 0 Å². The Morgan fingerprint density at radius 1 is 1.56 bits per heavy atom. The predicted molar refractivity (Wildman–Crippen MR) is 60.2 cm³/mol. The van der Waals surface area contributed by atoms with Gasteiger partial charge in [0.1, 0.15) is 5.02 Å². The van der Waals surface area contributed by atoms with Crippen molar-refractivity contribution >= 4 is 28.9 Å². The third-order valence-electron chi connectivity index (χ3n) is 1.81. The molecule has 16 heavy (non-hydrogen) atoms. The number of benzene rings is 1. The van der Waals surface area contributed by atoms with E-state index in [1.54, 1.807) is 6.92 Å². The second-order valence-electron chi connectivity index (χ2n) is 2.95. The quantitative estimate of drug-likeness (QED) is 0.627. The minimum Gasteiger partial charge on any atom is -0.298 e. The minimum absolute atomic E-state index is 0.0531. The van der Waals surface area contributed by atoms with Gasteiger partial charge in [0.25, 0.3) is 5.69 Å². The molecule has 1 rings (SSSR count). The lowest BCUT2D eigenvalue weighted by Gasteiger charge is -2.07. The molecule has 6 nitrogen and oxygen atoms in total. The third-order valence-corrected chi connectivity index (χ3v) is 2.13. The summed E-state index contributed by atoms with van der Waals surface area (Å²) in [7, 11) is 0. The number of carbonyl (C=O) groups is 1. The van der Waals surface area contributed by atoms with Crippen molar-refractivity contribution in [1.82, 2.24) is 5.43 Å². The van der Waals surface area contributed by atoms with Crippen LogP contribution in [-0.2, 0) is 4.79 Å². The first-order chi connectivity index (χ1) is 7.54. The summed E-state index contributed by atoms with van der Waals surface area (Å²) in [6.07, 6.45) is 0.322. The maximum Gasteiger partial charge on any atom is 0.290 e. The van der Waals surface area contributed by atoms with Crippen LogP contribution >= 0.6 is 11.6 Å². The van der Waals surface area contributed by atoms with Crippen LogP contribution in [-0.4, -0.2) is 10.8 Å². The summed E-state index contributed by atoms with van der Waals surface area (Å²) in [6, 6.07) is 4.17. The molecule has 0 fully saturated rings. The number of hydrogen-bond acceptors (Lipinski definition) is 4. The van der Waals surface area contributed by atoms with Crippen LogP contribution < -0.4 is 10.9 Å². The number of amides is 1. The van der Waals surface area contributed by atoms with Crippen LogP contribution in [0.15, 0.2) is 18.2 Å². The Morgan fingerprint density at radius 2 is 2.25 bits per heavy atom. The zero-order valence-electron chi connectivity index (χ0n) is 8.49. The number of rotatable bonds is 4. The van der Waals surface area contributed by atoms with Crippen LogP contribution in [0, 0.1) is 10.1 Å². The van der Waals surface area contributed by atoms with Gasteiger partial charge in [0, 0.05) is 12.5 Å². The highest BCUT2D eigenvalue weighted by molar-refractivity contribution is 6.32. The summed E-state index contributed by atoms with van der Waals surface area (Å²) in [5.74, 6) is -0.211. The van der Waals surface area contributed by atoms with Crippen molar-refractivity contribution in [2.75, 3.05) is 5.43 Å². The highest BCUT2D eigenvalue weighted by Crippen LogP contribution is 2.26. The lowest BCUT2D eigenvalue weighted by molar-refractivity contribution is -0.384. The Bertz CT molecular complexity index is 422. The second-order valence-corrected chi connectivity index (χ2v) is 3.36. The molecule has 0 saturated carbocycles. The first-order valence-corrected chi connectivity index (χ1v) is 4.91. The van der Waals surface area contributed by atoms with Gasteiger partial charge in [0.2, 0.25) is 5.91 Å². The average molecular weight is 244 g/mol. The fraction of sp³-hybridized carbons (Fsp3) is 0.222. The number of nitro groups is 1. The molecule has 0 saturated heterocycles. The zero-order valence-corrected chi connectivity index (χ0v) is 9.25. The maximum absolute atomic E-state index is 10.9. The van der Waals surface area contributed by atoms with E-state index in [4.69, 9.17) is 11.6 Å². The molecule has 0 aromatic heterocycles. The van der Waals surface area contributed by atoms with Gasteiger partial charge in [0.05, 0.1) is 10.6 Å². The number of anilines is 1. The molecule has 2 N–H and O–H groups in total. The van der Waals surface area contributed by atoms with Crippen LogP contribution in [0.1, 0.15) is 13.3 Å². The van der Waals surface area contributed by atoms with Gasteiger partial charge in [-0.3, -0.25) is 25.8 Å². The summed E-state index contributed by atoms with van der Waals surface area (Å²) in [5, 5.41) is 10.6. The van der Waals surface area contributed by atoms with Crippen LogP contribution in [0.2, 0.25) is 5.02 Å². The van der Waals surface area contributed by atoms with Crippen LogP contribution in [0.4, 0.5) is 11.4 Å². The first kappa shape index (κ1) is 12.3. The smallest absolute Gasteiger partial charge is 0.290 e. The van der Waals surface area contributed by atoms with E-state index >= 15 is 0 Å². The summed E-state index contributed by atoms with van der Waals surface area (Å²) in [6.45, 7) is 1.70. The maximum atomic E-state index is 10.9. The van der Waals surface area contributed by atoms with E-state index in [1.807, 2.05) is 0 Å². The average Bonchev–Trinajstić information content (AvgIpc) is 2.27. The van der Waals surface area contributed by atoms with Crippen molar-refractivity contribution in [2.45, 2.75) is 13.3 Å². The van der Waals surface area contributed by atoms with Gasteiger partial charge >= 0.3 is 0 Å². The van der Waals surface area contributed by atoms with E-state index in [-0.39, 0.29) is 16.6 Å². The topological polar surface area (TPSA) is 84.3 Å². The zero-order chi connectivity index (χ0) is 12.1. The SMILES string of the molecule is CCC(=O)NNc1ccc(Cl)c([N+](=O)[O-])c1. The molecule has 0 bridgehead atoms. The van der Waals surface area contributed by atoms with Gasteiger partial charge in [-0.25, -0.2) is 0 Å². The molecule has 1 aromatic rings. The van der Waals surface area contributed by atoms with Gasteiger partial charge < -0.3 is 0 Å². The highest BCUT2D eigenvalue weighted by atomic mass is 35.5. The Balaban J connectivity index is 2.79. The van der Waals surface area contributed by atoms with Gasteiger partial charge in [-0.1, -0.05) is 18.5 Å². The van der Waals surface area contributed by atoms with Gasteiger partial charge in [-0.05, 0) is 12.1 Å². The molecule has 7 heteroatoms. The number of nitrogens with zero attached hydrogens (tertiary/aromatic N) is 1. The fourth-order valence-electron chi connectivity index (χ4n) is 0.961. The lowest BCUT2D eigenvalue weighted by Crippen LogP contribution is -2.28. The monoisotopic (exact) mass is 243 g/mol. The van der Waals surface area contributed by atoms with E-state index in [9.17, 15) is 14.9 Å². The van der Waals surface area contributed by atoms with E-state index in [0.29, 0.717) is 12.1 Å². The number of nitro benzene ring substituents is 1. The summed E-state index contributed by atoms with van der Waals surface area (Å²) >= 11 is 5.62. The third kappa shape index (κ3) is 3.09. The van der Waals surface area contributed by atoms with Crippen molar-refractivity contribution in [2.24, 2.45) is 0 Å². The molecule has 86 valence electrons. The van der Waals surface area contributed by atoms with Crippen molar-refractivity contribution in [3.05, 3.63) is 33.3 Å². The Labute approximate surface area is 96.7 Å². The normalized spacial score (nSPS) is 9.62. The number of hydrazine groups is 1. The van der Waals surface area contributed by atoms with Crippen LogP contribution in [0.3, 0.4) is 0 Å². The van der Waals surface area contributed by atoms with Gasteiger partial charge in [-0.2, -0.15) is 0 Å². The minimum atomic E-state index is -0.588. The van der Waals surface area contributed by atoms with E-state index in [1.165, 1.54) is 18.2 Å². The first-order valence-electron chi connectivity index (χ1n) is 4.53. The Kier molecular flexibility index (Phi) is 4.07. The molecule has 0 heterocycles. The predicted octanol–water partition coefficient (Wildman–Crippen LogP) is 2.10. The Morgan fingerprint density at radius 3 is 2.81 bits per heavy atom. The lowest BCUT2D eigenvalue weighted by atomic mass is 10.3. The molecule has 0 radical (unpaired) electrons. The van der Waals surface area contributed by atoms with Crippen molar-refractivity contribution < 1.29 is 9.72 Å². The molecule has 1 amide bonds. The molecule has 0 unspecified atom stereocenters. The fourth-order valence-corrected chi connectivity index (χ4v) is 1.15. The molecular weight excluding hydrogens is 234 g/mol. The summed E-state index contributed by atoms with van der Waals surface area (Å²) in [5.41, 5.74) is 5.12. The van der Waals surface area contributed by atoms with Crippen LogP contribution in [0.5, 0.6) is 0 Å². The van der Waals surface area contributed by atoms with Crippen molar-refractivity contribution in [3.63, 3.8) is 0 Å². The number of carbonyl (C=O) groups excluding carboxylic acids is 1. The standard InChI is InChI=1S/C9H10ClN3O3/c1-2-9(14)12-11-6-3-4-7(10)8(5-6)13(15)16/h3-5,11H,2H2,1H3,(H,12,14). The van der Waals surface area contributed by atoms with Gasteiger partial charge in [0.15, 0.2) is 0 Å². The molecular formula is C9H10ClN3O3. The molecule has 0 aliphatic carbocycles. The molecule has 0 spiro atoms. The number of hydrogen-bond donors (Lipinski definition) is 2. The molecule has 0 aliphatic heterocycles. The van der Waals surface area contributed by atoms with E-state index < -0.39 is 4.92 Å². The summed E-state index contributed by atoms with van der Waals surface area (Å²) < 4.78 is 0. The summed E-state index contributed by atoms with van der Waals surface area (Å²) in [4.78, 5) is 20.9. The van der Waals surface area contributed by atoms with Crippen molar-refractivity contribution in [1.29, 1.82) is 0 Å². The molecule has 0 aliphatic rings. The largest absolute Gasteiger partial charge is 0.298 e. The molecule has 0 atom stereocenters. The van der Waals surface area contributed by atoms with Crippen molar-refractivity contribution in [3.8, 4) is 0 Å². The number of nitrogens with one attached hydrogen (secondary N) is 2. The van der Waals surface area contributed by atoms with Gasteiger partial charge in [-0.15, -0.1) is 0 Å². The Hall–Kier alpha value is -1.82. The van der Waals surface area contributed by atoms with E-state index in [2.05, 4.69) is 10.9 Å². The second kappa shape index (κ2) is 5.32. The highest BCUT2D eigenvalue weighted by Gasteiger charge is 2.12. The van der Waals surface area contributed by atoms with Crippen LogP contribution in [0.25, 0.3) is 0 Å². The number of halogens is 1.